The largest absolute Gasteiger partial charge is 0.489 e. The number of halogens is 1. The van der Waals surface area contributed by atoms with Crippen molar-refractivity contribution < 1.29 is 13.5 Å². The van der Waals surface area contributed by atoms with E-state index in [0.29, 0.717) is 24.8 Å². The maximum Gasteiger partial charge on any atom is 0.191 e. The summed E-state index contributed by atoms with van der Waals surface area (Å²) in [6.07, 6.45) is 1.49. The van der Waals surface area contributed by atoms with E-state index in [4.69, 9.17) is 9.15 Å². The highest BCUT2D eigenvalue weighted by Gasteiger charge is 2.06. The summed E-state index contributed by atoms with van der Waals surface area (Å²) in [5.41, 5.74) is 0. The Morgan fingerprint density at radius 1 is 1.30 bits per heavy atom. The molecule has 0 saturated heterocycles. The first-order chi connectivity index (χ1) is 11.2. The normalized spacial score (nSPS) is 12.7. The molecular formula is C17H22FN3O2. The standard InChI is InChI=1S/C17H22FN3O2/c1-3-19-17(21-12-16-8-5-9-22-16)20-11-13(2)23-15-7-4-6-14(18)10-15/h4-10,13H,3,11-12H2,1-2H3,(H2,19,20,21). The third kappa shape index (κ3) is 6.02. The summed E-state index contributed by atoms with van der Waals surface area (Å²) in [7, 11) is 0. The van der Waals surface area contributed by atoms with Crippen molar-refractivity contribution in [1.29, 1.82) is 0 Å². The van der Waals surface area contributed by atoms with E-state index in [1.807, 2.05) is 26.0 Å². The number of ether oxygens (including phenoxy) is 1. The van der Waals surface area contributed by atoms with Gasteiger partial charge in [-0.3, -0.25) is 0 Å². The lowest BCUT2D eigenvalue weighted by atomic mass is 10.3. The maximum absolute atomic E-state index is 13.1. The van der Waals surface area contributed by atoms with E-state index < -0.39 is 0 Å². The van der Waals surface area contributed by atoms with Crippen LogP contribution in [0.1, 0.15) is 19.6 Å². The summed E-state index contributed by atoms with van der Waals surface area (Å²) in [4.78, 5) is 4.43. The predicted molar refractivity (Wildman–Crippen MR) is 88.0 cm³/mol. The zero-order valence-electron chi connectivity index (χ0n) is 13.4. The summed E-state index contributed by atoms with van der Waals surface area (Å²) in [6, 6.07) is 9.82. The number of furan rings is 1. The van der Waals surface area contributed by atoms with Crippen LogP contribution in [0.25, 0.3) is 0 Å². The lowest BCUT2D eigenvalue weighted by Gasteiger charge is -2.17. The van der Waals surface area contributed by atoms with E-state index >= 15 is 0 Å². The smallest absolute Gasteiger partial charge is 0.191 e. The van der Waals surface area contributed by atoms with Crippen molar-refractivity contribution in [3.63, 3.8) is 0 Å². The number of nitrogens with zero attached hydrogens (tertiary/aromatic N) is 1. The minimum Gasteiger partial charge on any atom is -0.489 e. The van der Waals surface area contributed by atoms with Gasteiger partial charge in [0.2, 0.25) is 0 Å². The van der Waals surface area contributed by atoms with Gasteiger partial charge < -0.3 is 19.8 Å². The molecular weight excluding hydrogens is 297 g/mol. The fourth-order valence-corrected chi connectivity index (χ4v) is 1.96. The SMILES string of the molecule is CCNC(=NCc1ccco1)NCC(C)Oc1cccc(F)c1. The maximum atomic E-state index is 13.1. The molecule has 23 heavy (non-hydrogen) atoms. The van der Waals surface area contributed by atoms with Crippen molar-refractivity contribution in [3.05, 3.63) is 54.2 Å². The van der Waals surface area contributed by atoms with Gasteiger partial charge in [-0.15, -0.1) is 0 Å². The van der Waals surface area contributed by atoms with Crippen molar-refractivity contribution in [1.82, 2.24) is 10.6 Å². The molecule has 1 unspecified atom stereocenters. The van der Waals surface area contributed by atoms with Crippen LogP contribution in [-0.4, -0.2) is 25.2 Å². The number of guanidine groups is 1. The summed E-state index contributed by atoms with van der Waals surface area (Å²) < 4.78 is 24.1. The Bertz CT molecular complexity index is 614. The Kier molecular flexibility index (Phi) is 6.47. The molecule has 2 rings (SSSR count). The molecule has 1 aromatic heterocycles. The lowest BCUT2D eigenvalue weighted by Crippen LogP contribution is -2.41. The van der Waals surface area contributed by atoms with E-state index in [-0.39, 0.29) is 11.9 Å². The Labute approximate surface area is 135 Å². The van der Waals surface area contributed by atoms with Crippen molar-refractivity contribution in [2.45, 2.75) is 26.5 Å². The Balaban J connectivity index is 1.83. The first-order valence-electron chi connectivity index (χ1n) is 7.64. The number of nitrogens with one attached hydrogen (secondary N) is 2. The molecule has 0 saturated carbocycles. The third-order valence-electron chi connectivity index (χ3n) is 3.01. The monoisotopic (exact) mass is 319 g/mol. The third-order valence-corrected chi connectivity index (χ3v) is 3.01. The van der Waals surface area contributed by atoms with Gasteiger partial charge in [0.1, 0.15) is 30.0 Å². The molecule has 0 bridgehead atoms. The summed E-state index contributed by atoms with van der Waals surface area (Å²) >= 11 is 0. The van der Waals surface area contributed by atoms with Crippen LogP contribution in [0.3, 0.4) is 0 Å². The minimum atomic E-state index is -0.309. The molecule has 0 aliphatic heterocycles. The number of aliphatic imine (C=N–C) groups is 1. The van der Waals surface area contributed by atoms with Gasteiger partial charge >= 0.3 is 0 Å². The second-order valence-electron chi connectivity index (χ2n) is 5.04. The van der Waals surface area contributed by atoms with Gasteiger partial charge in [-0.05, 0) is 38.1 Å². The first-order valence-corrected chi connectivity index (χ1v) is 7.64. The molecule has 0 radical (unpaired) electrons. The van der Waals surface area contributed by atoms with Crippen molar-refractivity contribution in [2.24, 2.45) is 4.99 Å². The van der Waals surface area contributed by atoms with Crippen LogP contribution in [0, 0.1) is 5.82 Å². The van der Waals surface area contributed by atoms with Crippen LogP contribution < -0.4 is 15.4 Å². The minimum absolute atomic E-state index is 0.135. The fraction of sp³-hybridized carbons (Fsp3) is 0.353. The van der Waals surface area contributed by atoms with Crippen LogP contribution >= 0.6 is 0 Å². The van der Waals surface area contributed by atoms with Gasteiger partial charge in [0, 0.05) is 12.6 Å². The first kappa shape index (κ1) is 16.9. The topological polar surface area (TPSA) is 58.8 Å². The van der Waals surface area contributed by atoms with Gasteiger partial charge in [0.25, 0.3) is 0 Å². The molecule has 0 aliphatic rings. The van der Waals surface area contributed by atoms with Crippen LogP contribution in [0.15, 0.2) is 52.1 Å². The highest BCUT2D eigenvalue weighted by atomic mass is 19.1. The molecule has 0 amide bonds. The number of hydrogen-bond acceptors (Lipinski definition) is 3. The average molecular weight is 319 g/mol. The quantitative estimate of drug-likeness (QED) is 0.608. The highest BCUT2D eigenvalue weighted by molar-refractivity contribution is 5.79. The summed E-state index contributed by atoms with van der Waals surface area (Å²) in [5, 5.41) is 6.35. The van der Waals surface area contributed by atoms with Gasteiger partial charge in [0.15, 0.2) is 5.96 Å². The fourth-order valence-electron chi connectivity index (χ4n) is 1.96. The molecule has 5 nitrogen and oxygen atoms in total. The molecule has 0 spiro atoms. The molecule has 6 heteroatoms. The highest BCUT2D eigenvalue weighted by Crippen LogP contribution is 2.13. The van der Waals surface area contributed by atoms with Crippen LogP contribution in [0.5, 0.6) is 5.75 Å². The van der Waals surface area contributed by atoms with Crippen molar-refractivity contribution in [2.75, 3.05) is 13.1 Å². The number of benzene rings is 1. The second kappa shape index (κ2) is 8.82. The molecule has 0 aliphatic carbocycles. The Hall–Kier alpha value is -2.50. The van der Waals surface area contributed by atoms with Crippen LogP contribution in [0.4, 0.5) is 4.39 Å². The molecule has 1 aromatic carbocycles. The van der Waals surface area contributed by atoms with Gasteiger partial charge in [0.05, 0.1) is 12.8 Å². The van der Waals surface area contributed by atoms with E-state index in [1.165, 1.54) is 12.1 Å². The zero-order valence-corrected chi connectivity index (χ0v) is 13.4. The predicted octanol–water partition coefficient (Wildman–Crippen LogP) is 2.94. The number of hydrogen-bond donors (Lipinski definition) is 2. The molecule has 1 heterocycles. The molecule has 1 atom stereocenters. The number of rotatable bonds is 7. The van der Waals surface area contributed by atoms with Gasteiger partial charge in [-0.25, -0.2) is 9.38 Å². The van der Waals surface area contributed by atoms with Gasteiger partial charge in [-0.2, -0.15) is 0 Å². The van der Waals surface area contributed by atoms with E-state index in [0.717, 1.165) is 12.3 Å². The second-order valence-corrected chi connectivity index (χ2v) is 5.04. The summed E-state index contributed by atoms with van der Waals surface area (Å²) in [5.74, 6) is 1.68. The Morgan fingerprint density at radius 3 is 2.87 bits per heavy atom. The van der Waals surface area contributed by atoms with Crippen LogP contribution in [0.2, 0.25) is 0 Å². The molecule has 2 N–H and O–H groups in total. The zero-order chi connectivity index (χ0) is 16.5. The molecule has 124 valence electrons. The van der Waals surface area contributed by atoms with Crippen LogP contribution in [-0.2, 0) is 6.54 Å². The van der Waals surface area contributed by atoms with Gasteiger partial charge in [-0.1, -0.05) is 6.07 Å². The van der Waals surface area contributed by atoms with E-state index in [9.17, 15) is 4.39 Å². The molecule has 2 aromatic rings. The molecule has 0 fully saturated rings. The average Bonchev–Trinajstić information content (AvgIpc) is 3.03. The summed E-state index contributed by atoms with van der Waals surface area (Å²) in [6.45, 7) is 5.66. The van der Waals surface area contributed by atoms with E-state index in [1.54, 1.807) is 18.4 Å². The Morgan fingerprint density at radius 2 is 2.17 bits per heavy atom. The van der Waals surface area contributed by atoms with Crippen molar-refractivity contribution in [3.8, 4) is 5.75 Å². The van der Waals surface area contributed by atoms with E-state index in [2.05, 4.69) is 15.6 Å². The lowest BCUT2D eigenvalue weighted by molar-refractivity contribution is 0.223. The van der Waals surface area contributed by atoms with Crippen molar-refractivity contribution >= 4 is 5.96 Å².